The maximum atomic E-state index is 9.96. The van der Waals surface area contributed by atoms with Crippen molar-refractivity contribution in [3.63, 3.8) is 0 Å². The van der Waals surface area contributed by atoms with Crippen molar-refractivity contribution in [1.29, 1.82) is 0 Å². The molecule has 0 aromatic heterocycles. The number of benzene rings is 2. The average Bonchev–Trinajstić information content (AvgIpc) is 2.63. The van der Waals surface area contributed by atoms with Gasteiger partial charge in [0, 0.05) is 0 Å². The molecule has 0 aliphatic heterocycles. The summed E-state index contributed by atoms with van der Waals surface area (Å²) in [5.74, 6) is 0.543. The second-order valence-electron chi connectivity index (χ2n) is 6.76. The van der Waals surface area contributed by atoms with E-state index in [4.69, 9.17) is 0 Å². The highest BCUT2D eigenvalue weighted by atomic mass is 35.5. The Labute approximate surface area is 169 Å². The van der Waals surface area contributed by atoms with E-state index in [1.807, 2.05) is 36.4 Å². The molecule has 0 bridgehead atoms. The van der Waals surface area contributed by atoms with Gasteiger partial charge in [-0.3, -0.25) is 0 Å². The number of aromatic hydroxyl groups is 2. The van der Waals surface area contributed by atoms with Gasteiger partial charge >= 0.3 is 0 Å². The van der Waals surface area contributed by atoms with Crippen LogP contribution in [0.5, 0.6) is 11.5 Å². The molecule has 0 aliphatic carbocycles. The third-order valence-electron chi connectivity index (χ3n) is 4.58. The number of phenols is 2. The lowest BCUT2D eigenvalue weighted by Crippen LogP contribution is -2.36. The lowest BCUT2D eigenvalue weighted by atomic mass is 9.92. The topological polar surface area (TPSA) is 64.5 Å². The van der Waals surface area contributed by atoms with Crippen molar-refractivity contribution in [1.82, 2.24) is 10.6 Å². The average molecular weight is 393 g/mol. The maximum absolute atomic E-state index is 9.96. The van der Waals surface area contributed by atoms with Crippen LogP contribution in [0.3, 0.4) is 0 Å². The molecule has 2 aromatic rings. The molecule has 0 spiro atoms. The zero-order valence-corrected chi connectivity index (χ0v) is 17.1. The first-order chi connectivity index (χ1) is 12.7. The van der Waals surface area contributed by atoms with Crippen molar-refractivity contribution in [3.05, 3.63) is 59.7 Å². The van der Waals surface area contributed by atoms with Crippen LogP contribution in [0.15, 0.2) is 48.5 Å². The van der Waals surface area contributed by atoms with Crippen molar-refractivity contribution < 1.29 is 10.2 Å². The quantitative estimate of drug-likeness (QED) is 0.402. The number of unbranched alkanes of at least 4 members (excludes halogenated alkanes) is 2. The van der Waals surface area contributed by atoms with Gasteiger partial charge in [0.25, 0.3) is 0 Å². The molecule has 0 radical (unpaired) electrons. The monoisotopic (exact) mass is 392 g/mol. The Hall–Kier alpha value is -1.75. The molecule has 0 fully saturated rings. The number of halogens is 1. The summed E-state index contributed by atoms with van der Waals surface area (Å²) in [6.45, 7) is 6.16. The van der Waals surface area contributed by atoms with Crippen LogP contribution in [0.2, 0.25) is 0 Å². The number of hydrogen-bond donors (Lipinski definition) is 4. The van der Waals surface area contributed by atoms with Crippen LogP contribution in [0.25, 0.3) is 0 Å². The first kappa shape index (κ1) is 23.3. The van der Waals surface area contributed by atoms with E-state index in [1.165, 1.54) is 0 Å². The molecule has 0 heterocycles. The predicted octanol–water partition coefficient (Wildman–Crippen LogP) is 5.08. The molecule has 2 atom stereocenters. The van der Waals surface area contributed by atoms with Crippen LogP contribution < -0.4 is 10.6 Å². The van der Waals surface area contributed by atoms with Gasteiger partial charge in [-0.2, -0.15) is 0 Å². The molecule has 27 heavy (non-hydrogen) atoms. The molecule has 5 heteroatoms. The van der Waals surface area contributed by atoms with Crippen LogP contribution >= 0.6 is 12.4 Å². The highest BCUT2D eigenvalue weighted by Crippen LogP contribution is 2.32. The standard InChI is InChI=1S/C22H32N2O2.ClH/c1-3-5-13-23-21(17-9-7-11-19(25)15-17)22(24-14-6-4-2)18-10-8-12-20(26)16-18;/h7-12,15-16,21-26H,3-6,13-14H2,1-2H3;1H. The second-order valence-corrected chi connectivity index (χ2v) is 6.76. The predicted molar refractivity (Wildman–Crippen MR) is 115 cm³/mol. The van der Waals surface area contributed by atoms with Crippen LogP contribution in [0.4, 0.5) is 0 Å². The van der Waals surface area contributed by atoms with Crippen molar-refractivity contribution >= 4 is 12.4 Å². The molecule has 0 saturated heterocycles. The minimum atomic E-state index is 0. The summed E-state index contributed by atoms with van der Waals surface area (Å²) in [6.07, 6.45) is 4.44. The third kappa shape index (κ3) is 7.41. The lowest BCUT2D eigenvalue weighted by molar-refractivity contribution is 0.376. The largest absolute Gasteiger partial charge is 0.508 e. The lowest BCUT2D eigenvalue weighted by Gasteiger charge is -2.30. The SMILES string of the molecule is CCCCNC(c1cccc(O)c1)C(NCCCC)c1cccc(O)c1.Cl. The maximum Gasteiger partial charge on any atom is 0.115 e. The van der Waals surface area contributed by atoms with Gasteiger partial charge in [-0.05, 0) is 61.3 Å². The molecular weight excluding hydrogens is 360 g/mol. The molecule has 0 saturated carbocycles. The van der Waals surface area contributed by atoms with E-state index in [0.29, 0.717) is 0 Å². The van der Waals surface area contributed by atoms with Crippen LogP contribution in [-0.4, -0.2) is 23.3 Å². The summed E-state index contributed by atoms with van der Waals surface area (Å²) in [4.78, 5) is 0. The summed E-state index contributed by atoms with van der Waals surface area (Å²) in [5.41, 5.74) is 2.08. The molecule has 0 amide bonds. The van der Waals surface area contributed by atoms with Crippen molar-refractivity contribution in [2.24, 2.45) is 0 Å². The fourth-order valence-corrected chi connectivity index (χ4v) is 3.16. The second kappa shape index (κ2) is 12.6. The normalized spacial score (nSPS) is 13.0. The van der Waals surface area contributed by atoms with Gasteiger partial charge in [0.2, 0.25) is 0 Å². The van der Waals surface area contributed by atoms with E-state index in [2.05, 4.69) is 24.5 Å². The van der Waals surface area contributed by atoms with Gasteiger partial charge < -0.3 is 20.8 Å². The van der Waals surface area contributed by atoms with E-state index in [9.17, 15) is 10.2 Å². The van der Waals surface area contributed by atoms with E-state index in [0.717, 1.165) is 49.9 Å². The molecule has 2 aromatic carbocycles. The fourth-order valence-electron chi connectivity index (χ4n) is 3.16. The highest BCUT2D eigenvalue weighted by Gasteiger charge is 2.24. The van der Waals surface area contributed by atoms with Crippen LogP contribution in [0.1, 0.15) is 62.7 Å². The smallest absolute Gasteiger partial charge is 0.115 e. The zero-order valence-electron chi connectivity index (χ0n) is 16.3. The van der Waals surface area contributed by atoms with Gasteiger partial charge in [0.15, 0.2) is 0 Å². The summed E-state index contributed by atoms with van der Waals surface area (Å²) < 4.78 is 0. The molecule has 150 valence electrons. The summed E-state index contributed by atoms with van der Waals surface area (Å²) in [5, 5.41) is 27.2. The number of phenolic OH excluding ortho intramolecular Hbond substituents is 2. The number of rotatable bonds is 11. The Balaban J connectivity index is 0.00000364. The minimum absolute atomic E-state index is 0. The molecule has 4 N–H and O–H groups in total. The molecule has 2 rings (SSSR count). The summed E-state index contributed by atoms with van der Waals surface area (Å²) >= 11 is 0. The number of nitrogens with one attached hydrogen (secondary N) is 2. The third-order valence-corrected chi connectivity index (χ3v) is 4.58. The first-order valence-corrected chi connectivity index (χ1v) is 9.70. The Morgan fingerprint density at radius 2 is 1.15 bits per heavy atom. The number of hydrogen-bond acceptors (Lipinski definition) is 4. The molecule has 4 nitrogen and oxygen atoms in total. The van der Waals surface area contributed by atoms with Crippen molar-refractivity contribution in [3.8, 4) is 11.5 Å². The zero-order chi connectivity index (χ0) is 18.8. The van der Waals surface area contributed by atoms with Gasteiger partial charge in [0.05, 0.1) is 12.1 Å². The summed E-state index contributed by atoms with van der Waals surface area (Å²) in [7, 11) is 0. The highest BCUT2D eigenvalue weighted by molar-refractivity contribution is 5.85. The molecule has 2 unspecified atom stereocenters. The van der Waals surface area contributed by atoms with Crippen LogP contribution in [0, 0.1) is 0 Å². The molecular formula is C22H33ClN2O2. The Morgan fingerprint density at radius 3 is 1.48 bits per heavy atom. The Kier molecular flexibility index (Phi) is 10.9. The Bertz CT molecular complexity index is 609. The van der Waals surface area contributed by atoms with Gasteiger partial charge in [-0.1, -0.05) is 51.0 Å². The van der Waals surface area contributed by atoms with E-state index in [1.54, 1.807) is 12.1 Å². The van der Waals surface area contributed by atoms with Gasteiger partial charge in [-0.25, -0.2) is 0 Å². The van der Waals surface area contributed by atoms with Crippen molar-refractivity contribution in [2.45, 2.75) is 51.6 Å². The van der Waals surface area contributed by atoms with Gasteiger partial charge in [0.1, 0.15) is 11.5 Å². The van der Waals surface area contributed by atoms with Crippen LogP contribution in [-0.2, 0) is 0 Å². The van der Waals surface area contributed by atoms with E-state index in [-0.39, 0.29) is 36.0 Å². The molecule has 0 aliphatic rings. The summed E-state index contributed by atoms with van der Waals surface area (Å²) in [6, 6.07) is 14.9. The fraction of sp³-hybridized carbons (Fsp3) is 0.455. The van der Waals surface area contributed by atoms with Crippen molar-refractivity contribution in [2.75, 3.05) is 13.1 Å². The minimum Gasteiger partial charge on any atom is -0.508 e. The Morgan fingerprint density at radius 1 is 0.741 bits per heavy atom. The van der Waals surface area contributed by atoms with E-state index >= 15 is 0 Å². The first-order valence-electron chi connectivity index (χ1n) is 9.70. The van der Waals surface area contributed by atoms with E-state index < -0.39 is 0 Å². The van der Waals surface area contributed by atoms with Gasteiger partial charge in [-0.15, -0.1) is 12.4 Å².